The van der Waals surface area contributed by atoms with Gasteiger partial charge in [0, 0.05) is 42.2 Å². The van der Waals surface area contributed by atoms with Gasteiger partial charge in [0.2, 0.25) is 5.91 Å². The molecule has 45 heavy (non-hydrogen) atoms. The summed E-state index contributed by atoms with van der Waals surface area (Å²) in [5.74, 6) is -0.411. The minimum atomic E-state index is -4.17. The molecule has 1 aliphatic rings. The van der Waals surface area contributed by atoms with E-state index in [1.54, 1.807) is 29.5 Å². The zero-order valence-electron chi connectivity index (χ0n) is 25.0. The Labute approximate surface area is 267 Å². The topological polar surface area (TPSA) is 129 Å². The number of nitriles is 1. The number of hydrogen-bond donors (Lipinski definition) is 2. The van der Waals surface area contributed by atoms with Crippen LogP contribution < -0.4 is 14.8 Å². The van der Waals surface area contributed by atoms with Gasteiger partial charge in [-0.3, -0.25) is 9.59 Å². The molecule has 0 aliphatic heterocycles. The fraction of sp³-hybridized carbons (Fsp3) is 0.265. The van der Waals surface area contributed by atoms with Crippen molar-refractivity contribution in [3.05, 3.63) is 101 Å². The van der Waals surface area contributed by atoms with Gasteiger partial charge in [0.1, 0.15) is 5.75 Å². The number of benzene rings is 3. The van der Waals surface area contributed by atoms with Gasteiger partial charge in [0.05, 0.1) is 16.5 Å². The molecule has 3 aromatic carbocycles. The highest BCUT2D eigenvalue weighted by Gasteiger charge is 2.34. The van der Waals surface area contributed by atoms with Crippen LogP contribution in [0.2, 0.25) is 0 Å². The smallest absolute Gasteiger partial charge is 0.277 e. The summed E-state index contributed by atoms with van der Waals surface area (Å²) in [6.45, 7) is 3.93. The number of nitrogens with one attached hydrogen (secondary N) is 2. The second-order valence-electron chi connectivity index (χ2n) is 11.3. The average molecular weight is 643 g/mol. The number of rotatable bonds is 13. The number of ether oxygens (including phenoxy) is 1. The second kappa shape index (κ2) is 13.5. The van der Waals surface area contributed by atoms with Gasteiger partial charge in [-0.05, 0) is 85.7 Å². The van der Waals surface area contributed by atoms with E-state index in [0.717, 1.165) is 18.4 Å². The normalized spacial score (nSPS) is 13.0. The van der Waals surface area contributed by atoms with Gasteiger partial charge in [-0.15, -0.1) is 11.3 Å². The van der Waals surface area contributed by atoms with Crippen LogP contribution in [0.25, 0.3) is 10.4 Å². The van der Waals surface area contributed by atoms with Crippen molar-refractivity contribution in [2.45, 2.75) is 56.2 Å². The lowest BCUT2D eigenvalue weighted by Crippen LogP contribution is -2.48. The molecule has 0 saturated heterocycles. The molecule has 0 unspecified atom stereocenters. The van der Waals surface area contributed by atoms with Crippen molar-refractivity contribution in [1.82, 2.24) is 9.62 Å². The largest absolute Gasteiger partial charge is 0.478 e. The van der Waals surface area contributed by atoms with E-state index >= 15 is 0 Å². The fourth-order valence-corrected chi connectivity index (χ4v) is 6.54. The lowest BCUT2D eigenvalue weighted by atomic mass is 10.1. The van der Waals surface area contributed by atoms with E-state index in [0.29, 0.717) is 36.5 Å². The van der Waals surface area contributed by atoms with E-state index in [1.165, 1.54) is 48.6 Å². The second-order valence-corrected chi connectivity index (χ2v) is 13.9. The molecular formula is C34H34N4O5S2. The molecule has 0 bridgehead atoms. The third kappa shape index (κ3) is 8.29. The van der Waals surface area contributed by atoms with Crippen LogP contribution in [0, 0.1) is 11.3 Å². The van der Waals surface area contributed by atoms with E-state index < -0.39 is 21.5 Å². The first kappa shape index (κ1) is 31.8. The van der Waals surface area contributed by atoms with Crippen molar-refractivity contribution < 1.29 is 22.7 Å². The molecule has 2 N–H and O–H groups in total. The van der Waals surface area contributed by atoms with Crippen LogP contribution in [0.15, 0.2) is 95.2 Å². The summed E-state index contributed by atoms with van der Waals surface area (Å²) in [4.78, 5) is 29.2. The molecule has 9 nitrogen and oxygen atoms in total. The molecule has 1 fully saturated rings. The molecule has 1 saturated carbocycles. The van der Waals surface area contributed by atoms with Gasteiger partial charge < -0.3 is 15.0 Å². The molecule has 0 spiro atoms. The molecule has 232 valence electrons. The van der Waals surface area contributed by atoms with Gasteiger partial charge in [-0.25, -0.2) is 13.1 Å². The van der Waals surface area contributed by atoms with E-state index in [4.69, 9.17) is 10.00 Å². The quantitative estimate of drug-likeness (QED) is 0.185. The van der Waals surface area contributed by atoms with Crippen LogP contribution in [0.3, 0.4) is 0 Å². The summed E-state index contributed by atoms with van der Waals surface area (Å²) >= 11 is 1.70. The molecule has 1 heterocycles. The summed E-state index contributed by atoms with van der Waals surface area (Å²) in [6.07, 6.45) is 2.35. The van der Waals surface area contributed by atoms with Crippen LogP contribution in [0.1, 0.15) is 44.2 Å². The van der Waals surface area contributed by atoms with Crippen molar-refractivity contribution in [3.63, 3.8) is 0 Å². The van der Waals surface area contributed by atoms with E-state index in [9.17, 15) is 18.0 Å². The van der Waals surface area contributed by atoms with E-state index in [1.807, 2.05) is 23.1 Å². The Kier molecular flexibility index (Phi) is 9.56. The lowest BCUT2D eigenvalue weighted by molar-refractivity contribution is -0.132. The number of carbonyl (C=O) groups excluding carboxylic acids is 2. The standard InChI is InChI=1S/C34H34N4O5S2/c1-34(2,33(40)37-45(41,42)30-16-10-24(22-35)11-17-30)43-29-6-3-5-27(21-29)36-19-18-32(39)38(28-14-15-28)23-25-8-12-26(13-9-25)31-7-4-20-44-31/h3-13,16-17,20-21,28,36H,14-15,18-19,23H2,1-2H3,(H,37,40). The maximum Gasteiger partial charge on any atom is 0.277 e. The minimum Gasteiger partial charge on any atom is -0.478 e. The summed E-state index contributed by atoms with van der Waals surface area (Å²) in [5, 5.41) is 14.2. The first-order valence-electron chi connectivity index (χ1n) is 14.6. The number of anilines is 1. The Morgan fingerprint density at radius 1 is 1.02 bits per heavy atom. The Bertz CT molecular complexity index is 1790. The molecular weight excluding hydrogens is 609 g/mol. The van der Waals surface area contributed by atoms with Crippen molar-refractivity contribution in [1.29, 1.82) is 5.26 Å². The summed E-state index contributed by atoms with van der Waals surface area (Å²) < 4.78 is 33.4. The van der Waals surface area contributed by atoms with Crippen LogP contribution in [0.5, 0.6) is 5.75 Å². The number of nitrogens with zero attached hydrogens (tertiary/aromatic N) is 2. The van der Waals surface area contributed by atoms with E-state index in [2.05, 4.69) is 45.8 Å². The van der Waals surface area contributed by atoms with Crippen molar-refractivity contribution in [3.8, 4) is 22.3 Å². The number of hydrogen-bond acceptors (Lipinski definition) is 8. The van der Waals surface area contributed by atoms with Crippen LogP contribution in [0.4, 0.5) is 5.69 Å². The molecule has 2 amide bonds. The number of sulfonamides is 1. The SMILES string of the molecule is CC(C)(Oc1cccc(NCCC(=O)N(Cc2ccc(-c3cccs3)cc2)C2CC2)c1)C(=O)NS(=O)(=O)c1ccc(C#N)cc1. The van der Waals surface area contributed by atoms with Crippen LogP contribution in [-0.2, 0) is 26.2 Å². The predicted octanol–water partition coefficient (Wildman–Crippen LogP) is 5.94. The zero-order valence-corrected chi connectivity index (χ0v) is 26.7. The molecule has 4 aromatic rings. The number of carbonyl (C=O) groups is 2. The average Bonchev–Trinajstić information content (AvgIpc) is 3.72. The number of thiophene rings is 1. The summed E-state index contributed by atoms with van der Waals surface area (Å²) in [6, 6.07) is 26.9. The number of amides is 2. The Balaban J connectivity index is 1.14. The van der Waals surface area contributed by atoms with Crippen molar-refractivity contribution >= 4 is 38.9 Å². The fourth-order valence-electron chi connectivity index (χ4n) is 4.70. The van der Waals surface area contributed by atoms with Crippen molar-refractivity contribution in [2.24, 2.45) is 0 Å². The Morgan fingerprint density at radius 2 is 1.76 bits per heavy atom. The molecule has 5 rings (SSSR count). The zero-order chi connectivity index (χ0) is 32.0. The highest BCUT2D eigenvalue weighted by Crippen LogP contribution is 2.30. The predicted molar refractivity (Wildman–Crippen MR) is 174 cm³/mol. The lowest BCUT2D eigenvalue weighted by Gasteiger charge is -2.25. The highest BCUT2D eigenvalue weighted by molar-refractivity contribution is 7.90. The van der Waals surface area contributed by atoms with Gasteiger partial charge in [-0.2, -0.15) is 5.26 Å². The monoisotopic (exact) mass is 642 g/mol. The summed E-state index contributed by atoms with van der Waals surface area (Å²) in [7, 11) is -4.17. The minimum absolute atomic E-state index is 0.0843. The van der Waals surface area contributed by atoms with Crippen LogP contribution in [-0.4, -0.2) is 43.3 Å². The first-order valence-corrected chi connectivity index (χ1v) is 16.9. The maximum atomic E-state index is 13.2. The molecule has 0 atom stereocenters. The van der Waals surface area contributed by atoms with Gasteiger partial charge in [-0.1, -0.05) is 36.4 Å². The Hall–Kier alpha value is -4.66. The Morgan fingerprint density at radius 3 is 2.40 bits per heavy atom. The third-order valence-corrected chi connectivity index (χ3v) is 9.63. The maximum absolute atomic E-state index is 13.2. The summed E-state index contributed by atoms with van der Waals surface area (Å²) in [5.41, 5.74) is 1.75. The molecule has 1 aliphatic carbocycles. The van der Waals surface area contributed by atoms with Gasteiger partial charge in [0.15, 0.2) is 5.60 Å². The first-order chi connectivity index (χ1) is 21.5. The highest BCUT2D eigenvalue weighted by atomic mass is 32.2. The van der Waals surface area contributed by atoms with Gasteiger partial charge in [0.25, 0.3) is 15.9 Å². The molecule has 0 radical (unpaired) electrons. The third-order valence-electron chi connectivity index (χ3n) is 7.36. The van der Waals surface area contributed by atoms with Crippen molar-refractivity contribution in [2.75, 3.05) is 11.9 Å². The molecule has 11 heteroatoms. The van der Waals surface area contributed by atoms with Gasteiger partial charge >= 0.3 is 0 Å². The van der Waals surface area contributed by atoms with E-state index in [-0.39, 0.29) is 16.8 Å². The van der Waals surface area contributed by atoms with Crippen LogP contribution >= 0.6 is 11.3 Å². The molecule has 1 aromatic heterocycles.